The highest BCUT2D eigenvalue weighted by molar-refractivity contribution is 5.53. The molecule has 1 aliphatic heterocycles. The van der Waals surface area contributed by atoms with Gasteiger partial charge in [0.25, 0.3) is 5.56 Å². The van der Waals surface area contributed by atoms with Crippen LogP contribution in [0.1, 0.15) is 16.8 Å². The third-order valence-corrected chi connectivity index (χ3v) is 4.40. The van der Waals surface area contributed by atoms with E-state index < -0.39 is 0 Å². The van der Waals surface area contributed by atoms with E-state index in [1.54, 1.807) is 24.5 Å². The van der Waals surface area contributed by atoms with Crippen molar-refractivity contribution in [3.05, 3.63) is 76.0 Å². The van der Waals surface area contributed by atoms with E-state index in [1.165, 1.54) is 0 Å². The largest absolute Gasteiger partial charge is 0.508 e. The summed E-state index contributed by atoms with van der Waals surface area (Å²) in [6.07, 6.45) is 4.05. The highest BCUT2D eigenvalue weighted by Crippen LogP contribution is 2.20. The molecule has 0 atom stereocenters. The van der Waals surface area contributed by atoms with E-state index in [0.29, 0.717) is 25.3 Å². The Balaban J connectivity index is 1.61. The van der Waals surface area contributed by atoms with Crippen molar-refractivity contribution in [3.8, 4) is 17.1 Å². The molecule has 6 heteroatoms. The molecule has 0 saturated heterocycles. The van der Waals surface area contributed by atoms with E-state index in [-0.39, 0.29) is 11.3 Å². The molecule has 1 aliphatic rings. The molecule has 0 saturated carbocycles. The number of fused-ring (bicyclic) bond motifs is 1. The van der Waals surface area contributed by atoms with Gasteiger partial charge < -0.3 is 10.1 Å². The fourth-order valence-corrected chi connectivity index (χ4v) is 3.18. The Morgan fingerprint density at radius 3 is 2.96 bits per heavy atom. The molecule has 0 fully saturated rings. The second-order valence-corrected chi connectivity index (χ2v) is 6.21. The van der Waals surface area contributed by atoms with E-state index in [9.17, 15) is 9.90 Å². The number of nitrogens with zero attached hydrogens (tertiary/aromatic N) is 3. The number of phenols is 1. The van der Waals surface area contributed by atoms with Gasteiger partial charge in [-0.05, 0) is 36.2 Å². The average molecular weight is 334 g/mol. The number of rotatable bonds is 3. The number of hydrogen-bond acceptors (Lipinski definition) is 5. The topological polar surface area (TPSA) is 82.1 Å². The summed E-state index contributed by atoms with van der Waals surface area (Å²) >= 11 is 0. The van der Waals surface area contributed by atoms with E-state index in [2.05, 4.69) is 19.9 Å². The zero-order chi connectivity index (χ0) is 17.2. The Morgan fingerprint density at radius 2 is 2.16 bits per heavy atom. The van der Waals surface area contributed by atoms with Gasteiger partial charge >= 0.3 is 0 Å². The Morgan fingerprint density at radius 1 is 1.24 bits per heavy atom. The molecule has 2 aromatic heterocycles. The first-order valence-corrected chi connectivity index (χ1v) is 8.22. The molecule has 2 N–H and O–H groups in total. The predicted octanol–water partition coefficient (Wildman–Crippen LogP) is 2.10. The normalized spacial score (nSPS) is 14.2. The molecule has 1 aromatic carbocycles. The molecule has 0 unspecified atom stereocenters. The summed E-state index contributed by atoms with van der Waals surface area (Å²) in [6.45, 7) is 2.12. The molecule has 126 valence electrons. The van der Waals surface area contributed by atoms with Crippen molar-refractivity contribution >= 4 is 0 Å². The number of aromatic amines is 1. The van der Waals surface area contributed by atoms with E-state index in [0.717, 1.165) is 28.9 Å². The minimum atomic E-state index is -0.0686. The van der Waals surface area contributed by atoms with Gasteiger partial charge in [0.1, 0.15) is 11.6 Å². The first-order valence-electron chi connectivity index (χ1n) is 8.22. The molecular formula is C19H18N4O2. The Labute approximate surface area is 144 Å². The molecule has 0 spiro atoms. The summed E-state index contributed by atoms with van der Waals surface area (Å²) in [6, 6.07) is 11.0. The Bertz CT molecular complexity index is 953. The standard InChI is InChI=1S/C19H18N4O2/c24-15-5-1-3-13(9-15)11-23-8-6-16-17(12-23)21-18(22-19(16)25)14-4-2-7-20-10-14/h1-5,7,9-10,24H,6,8,11-12H2,(H,21,22,25). The number of benzene rings is 1. The molecule has 0 aliphatic carbocycles. The highest BCUT2D eigenvalue weighted by atomic mass is 16.3. The van der Waals surface area contributed by atoms with Gasteiger partial charge in [-0.25, -0.2) is 4.98 Å². The summed E-state index contributed by atoms with van der Waals surface area (Å²) in [5.74, 6) is 0.819. The molecule has 0 radical (unpaired) electrons. The van der Waals surface area contributed by atoms with Gasteiger partial charge in [0.2, 0.25) is 0 Å². The maximum Gasteiger partial charge on any atom is 0.254 e. The molecule has 3 aromatic rings. The van der Waals surface area contributed by atoms with Crippen LogP contribution >= 0.6 is 0 Å². The van der Waals surface area contributed by atoms with Crippen molar-refractivity contribution in [3.63, 3.8) is 0 Å². The van der Waals surface area contributed by atoms with Gasteiger partial charge in [-0.2, -0.15) is 0 Å². The minimum absolute atomic E-state index is 0.0686. The maximum atomic E-state index is 12.4. The first kappa shape index (κ1) is 15.5. The Kier molecular flexibility index (Phi) is 4.03. The fourth-order valence-electron chi connectivity index (χ4n) is 3.18. The average Bonchev–Trinajstić information content (AvgIpc) is 2.62. The van der Waals surface area contributed by atoms with Crippen molar-refractivity contribution < 1.29 is 5.11 Å². The lowest BCUT2D eigenvalue weighted by molar-refractivity contribution is 0.240. The van der Waals surface area contributed by atoms with Crippen molar-refractivity contribution in [1.29, 1.82) is 0 Å². The molecule has 4 rings (SSSR count). The predicted molar refractivity (Wildman–Crippen MR) is 94.0 cm³/mol. The number of aromatic hydroxyl groups is 1. The third kappa shape index (κ3) is 3.29. The lowest BCUT2D eigenvalue weighted by atomic mass is 10.1. The van der Waals surface area contributed by atoms with Crippen LogP contribution in [0.2, 0.25) is 0 Å². The van der Waals surface area contributed by atoms with Crippen LogP contribution in [0.5, 0.6) is 5.75 Å². The van der Waals surface area contributed by atoms with Gasteiger partial charge in [-0.15, -0.1) is 0 Å². The first-order chi connectivity index (χ1) is 12.2. The van der Waals surface area contributed by atoms with Crippen molar-refractivity contribution in [2.24, 2.45) is 0 Å². The summed E-state index contributed by atoms with van der Waals surface area (Å²) in [5, 5.41) is 9.62. The van der Waals surface area contributed by atoms with Crippen LogP contribution < -0.4 is 5.56 Å². The van der Waals surface area contributed by atoms with Crippen LogP contribution in [-0.2, 0) is 19.5 Å². The minimum Gasteiger partial charge on any atom is -0.508 e. The van der Waals surface area contributed by atoms with Crippen LogP contribution in [0.25, 0.3) is 11.4 Å². The lowest BCUT2D eigenvalue weighted by Crippen LogP contribution is -2.35. The fraction of sp³-hybridized carbons (Fsp3) is 0.211. The molecule has 0 amide bonds. The lowest BCUT2D eigenvalue weighted by Gasteiger charge is -2.27. The van der Waals surface area contributed by atoms with Crippen LogP contribution in [-0.4, -0.2) is 31.5 Å². The van der Waals surface area contributed by atoms with Crippen LogP contribution in [0.3, 0.4) is 0 Å². The smallest absolute Gasteiger partial charge is 0.254 e. The van der Waals surface area contributed by atoms with E-state index >= 15 is 0 Å². The summed E-state index contributed by atoms with van der Waals surface area (Å²) in [7, 11) is 0. The zero-order valence-electron chi connectivity index (χ0n) is 13.6. The second-order valence-electron chi connectivity index (χ2n) is 6.21. The molecule has 6 nitrogen and oxygen atoms in total. The maximum absolute atomic E-state index is 12.4. The molecule has 25 heavy (non-hydrogen) atoms. The molecular weight excluding hydrogens is 316 g/mol. The zero-order valence-corrected chi connectivity index (χ0v) is 13.6. The number of phenolic OH excluding ortho intramolecular Hbond substituents is 1. The van der Waals surface area contributed by atoms with Gasteiger partial charge in [-0.3, -0.25) is 14.7 Å². The summed E-state index contributed by atoms with van der Waals surface area (Å²) < 4.78 is 0. The Hall–Kier alpha value is -2.99. The van der Waals surface area contributed by atoms with Crippen molar-refractivity contribution in [2.75, 3.05) is 6.54 Å². The molecule has 3 heterocycles. The second kappa shape index (κ2) is 6.49. The van der Waals surface area contributed by atoms with Gasteiger partial charge in [-0.1, -0.05) is 12.1 Å². The number of aromatic nitrogens is 3. The summed E-state index contributed by atoms with van der Waals surface area (Å²) in [4.78, 5) is 26.3. The van der Waals surface area contributed by atoms with E-state index in [4.69, 9.17) is 0 Å². The molecule has 0 bridgehead atoms. The number of pyridine rings is 1. The van der Waals surface area contributed by atoms with Crippen LogP contribution in [0.4, 0.5) is 0 Å². The summed E-state index contributed by atoms with van der Waals surface area (Å²) in [5.41, 5.74) is 3.35. The van der Waals surface area contributed by atoms with Crippen LogP contribution in [0, 0.1) is 0 Å². The number of nitrogens with one attached hydrogen (secondary N) is 1. The SMILES string of the molecule is O=c1[nH]c(-c2cccnc2)nc2c1CCN(Cc1cccc(O)c1)C2. The number of H-pyrrole nitrogens is 1. The quantitative estimate of drug-likeness (QED) is 0.766. The van der Waals surface area contributed by atoms with Crippen molar-refractivity contribution in [1.82, 2.24) is 19.9 Å². The van der Waals surface area contributed by atoms with Crippen LogP contribution in [0.15, 0.2) is 53.6 Å². The number of hydrogen-bond donors (Lipinski definition) is 2. The van der Waals surface area contributed by atoms with Gasteiger partial charge in [0, 0.05) is 43.2 Å². The third-order valence-electron chi connectivity index (χ3n) is 4.40. The van der Waals surface area contributed by atoms with Gasteiger partial charge in [0.05, 0.1) is 5.69 Å². The van der Waals surface area contributed by atoms with Crippen molar-refractivity contribution in [2.45, 2.75) is 19.5 Å². The van der Waals surface area contributed by atoms with E-state index in [1.807, 2.05) is 24.3 Å². The highest BCUT2D eigenvalue weighted by Gasteiger charge is 2.21. The monoisotopic (exact) mass is 334 g/mol. The van der Waals surface area contributed by atoms with Gasteiger partial charge in [0.15, 0.2) is 0 Å².